The van der Waals surface area contributed by atoms with Gasteiger partial charge in [-0.25, -0.2) is 0 Å². The largest absolute Gasteiger partial charge is 0.483 e. The topological polar surface area (TPSA) is 44.8 Å². The number of nitrogens with zero attached hydrogens (tertiary/aromatic N) is 2. The Bertz CT molecular complexity index is 1100. The Kier molecular flexibility index (Phi) is 8.46. The van der Waals surface area contributed by atoms with Gasteiger partial charge in [0.15, 0.2) is 6.61 Å². The Labute approximate surface area is 211 Å². The molecule has 4 rings (SSSR count). The van der Waals surface area contributed by atoms with Crippen molar-refractivity contribution in [3.8, 4) is 16.9 Å². The molecular weight excluding hydrogens is 469 g/mol. The van der Waals surface area contributed by atoms with Gasteiger partial charge in [0.1, 0.15) is 5.75 Å². The summed E-state index contributed by atoms with van der Waals surface area (Å²) in [6.07, 6.45) is 0. The third kappa shape index (κ3) is 6.97. The summed E-state index contributed by atoms with van der Waals surface area (Å²) in [6.45, 7) is 5.29. The van der Waals surface area contributed by atoms with Gasteiger partial charge in [-0.2, -0.15) is 0 Å². The molecule has 0 bridgehead atoms. The molecule has 0 spiro atoms. The second-order valence-corrected chi connectivity index (χ2v) is 9.47. The first-order chi connectivity index (χ1) is 16.5. The highest BCUT2D eigenvalue weighted by Gasteiger charge is 2.17. The lowest BCUT2D eigenvalue weighted by atomic mass is 10.0. The molecule has 1 heterocycles. The number of benzene rings is 3. The van der Waals surface area contributed by atoms with Gasteiger partial charge in [0.2, 0.25) is 0 Å². The maximum Gasteiger partial charge on any atom is 0.258 e. The number of rotatable bonds is 8. The van der Waals surface area contributed by atoms with Crippen LogP contribution in [0.1, 0.15) is 11.1 Å². The second kappa shape index (κ2) is 11.7. The molecule has 3 aromatic carbocycles. The van der Waals surface area contributed by atoms with Crippen molar-refractivity contribution in [1.29, 1.82) is 0 Å². The summed E-state index contributed by atoms with van der Waals surface area (Å²) in [7, 11) is 2.15. The minimum atomic E-state index is -0.169. The zero-order valence-electron chi connectivity index (χ0n) is 19.3. The van der Waals surface area contributed by atoms with E-state index in [9.17, 15) is 4.79 Å². The number of likely N-dealkylation sites (N-methyl/N-ethyl adjacent to an activating group) is 1. The Balaban J connectivity index is 1.45. The highest BCUT2D eigenvalue weighted by Crippen LogP contribution is 2.29. The van der Waals surface area contributed by atoms with Gasteiger partial charge in [-0.1, -0.05) is 59.6 Å². The first kappa shape index (κ1) is 24.6. The van der Waals surface area contributed by atoms with Gasteiger partial charge in [0, 0.05) is 54.9 Å². The fraction of sp³-hybridized carbons (Fsp3) is 0.296. The molecule has 1 amide bonds. The van der Waals surface area contributed by atoms with E-state index in [0.29, 0.717) is 16.6 Å². The molecule has 1 aliphatic heterocycles. The molecule has 0 unspecified atom stereocenters. The predicted molar refractivity (Wildman–Crippen MR) is 138 cm³/mol. The molecule has 5 nitrogen and oxygen atoms in total. The van der Waals surface area contributed by atoms with E-state index in [1.807, 2.05) is 54.6 Å². The second-order valence-electron chi connectivity index (χ2n) is 8.60. The standard InChI is InChI=1S/C27H29Cl2N3O2/c1-31-12-14-32(15-13-31)18-23-5-4-22(21-6-10-25(29)11-7-21)16-26(23)34-19-27(33)30-17-20-2-8-24(28)9-3-20/h2-11,16H,12-15,17-19H2,1H3,(H,30,33). The molecule has 34 heavy (non-hydrogen) atoms. The molecule has 0 radical (unpaired) electrons. The van der Waals surface area contributed by atoms with E-state index in [2.05, 4.69) is 34.3 Å². The first-order valence-corrected chi connectivity index (χ1v) is 12.2. The Morgan fingerprint density at radius 3 is 2.18 bits per heavy atom. The van der Waals surface area contributed by atoms with Gasteiger partial charge >= 0.3 is 0 Å². The molecule has 0 aromatic heterocycles. The number of halogens is 2. The number of nitrogens with one attached hydrogen (secondary N) is 1. The summed E-state index contributed by atoms with van der Waals surface area (Å²) in [5.41, 5.74) is 4.13. The van der Waals surface area contributed by atoms with E-state index in [-0.39, 0.29) is 12.5 Å². The Hall–Kier alpha value is -2.57. The molecule has 0 saturated carbocycles. The lowest BCUT2D eigenvalue weighted by Crippen LogP contribution is -2.43. The fourth-order valence-electron chi connectivity index (χ4n) is 3.89. The minimum absolute atomic E-state index is 0.0482. The van der Waals surface area contributed by atoms with Crippen molar-refractivity contribution >= 4 is 29.1 Å². The first-order valence-electron chi connectivity index (χ1n) is 11.4. The van der Waals surface area contributed by atoms with Crippen LogP contribution < -0.4 is 10.1 Å². The van der Waals surface area contributed by atoms with Crippen molar-refractivity contribution in [2.45, 2.75) is 13.1 Å². The van der Waals surface area contributed by atoms with Crippen molar-refractivity contribution in [2.75, 3.05) is 39.8 Å². The molecule has 1 fully saturated rings. The number of piperazine rings is 1. The molecule has 0 aliphatic carbocycles. The fourth-order valence-corrected chi connectivity index (χ4v) is 4.14. The van der Waals surface area contributed by atoms with E-state index in [0.717, 1.165) is 60.7 Å². The molecule has 178 valence electrons. The lowest BCUT2D eigenvalue weighted by molar-refractivity contribution is -0.123. The normalized spacial score (nSPS) is 14.7. The summed E-state index contributed by atoms with van der Waals surface area (Å²) in [6, 6.07) is 21.4. The minimum Gasteiger partial charge on any atom is -0.483 e. The molecule has 1 N–H and O–H groups in total. The van der Waals surface area contributed by atoms with Gasteiger partial charge in [0.25, 0.3) is 5.91 Å². The average Bonchev–Trinajstić information content (AvgIpc) is 2.85. The lowest BCUT2D eigenvalue weighted by Gasteiger charge is -2.32. The predicted octanol–water partition coefficient (Wildman–Crippen LogP) is 5.10. The Morgan fingerprint density at radius 1 is 0.882 bits per heavy atom. The summed E-state index contributed by atoms with van der Waals surface area (Å²) < 4.78 is 6.06. The van der Waals surface area contributed by atoms with Crippen LogP contribution in [0.25, 0.3) is 11.1 Å². The van der Waals surface area contributed by atoms with Crippen LogP contribution in [0.2, 0.25) is 10.0 Å². The molecule has 1 saturated heterocycles. The number of ether oxygens (including phenoxy) is 1. The number of carbonyl (C=O) groups is 1. The van der Waals surface area contributed by atoms with E-state index >= 15 is 0 Å². The average molecular weight is 498 g/mol. The van der Waals surface area contributed by atoms with Gasteiger partial charge in [-0.05, 0) is 54.1 Å². The van der Waals surface area contributed by atoms with Crippen LogP contribution >= 0.6 is 23.2 Å². The quantitative estimate of drug-likeness (QED) is 0.469. The van der Waals surface area contributed by atoms with E-state index < -0.39 is 0 Å². The molecule has 7 heteroatoms. The summed E-state index contributed by atoms with van der Waals surface area (Å²) in [4.78, 5) is 17.3. The number of hydrogen-bond acceptors (Lipinski definition) is 4. The number of amides is 1. The smallest absolute Gasteiger partial charge is 0.258 e. The van der Waals surface area contributed by atoms with Gasteiger partial charge in [0.05, 0.1) is 0 Å². The van der Waals surface area contributed by atoms with Crippen molar-refractivity contribution in [2.24, 2.45) is 0 Å². The monoisotopic (exact) mass is 497 g/mol. The number of hydrogen-bond donors (Lipinski definition) is 1. The highest BCUT2D eigenvalue weighted by molar-refractivity contribution is 6.30. The zero-order chi connectivity index (χ0) is 23.9. The molecule has 3 aromatic rings. The van der Waals surface area contributed by atoms with Crippen LogP contribution in [0.4, 0.5) is 0 Å². The maximum atomic E-state index is 12.5. The summed E-state index contributed by atoms with van der Waals surface area (Å²) in [5, 5.41) is 4.28. The van der Waals surface area contributed by atoms with Crippen molar-refractivity contribution in [1.82, 2.24) is 15.1 Å². The van der Waals surface area contributed by atoms with Crippen LogP contribution in [0.15, 0.2) is 66.7 Å². The zero-order valence-corrected chi connectivity index (χ0v) is 20.8. The van der Waals surface area contributed by atoms with Crippen LogP contribution in [0, 0.1) is 0 Å². The van der Waals surface area contributed by atoms with E-state index in [1.54, 1.807) is 0 Å². The SMILES string of the molecule is CN1CCN(Cc2ccc(-c3ccc(Cl)cc3)cc2OCC(=O)NCc2ccc(Cl)cc2)CC1. The van der Waals surface area contributed by atoms with Gasteiger partial charge in [-0.3, -0.25) is 9.69 Å². The molecule has 0 atom stereocenters. The highest BCUT2D eigenvalue weighted by atomic mass is 35.5. The van der Waals surface area contributed by atoms with E-state index in [1.165, 1.54) is 0 Å². The molecule has 1 aliphatic rings. The van der Waals surface area contributed by atoms with Crippen molar-refractivity contribution < 1.29 is 9.53 Å². The van der Waals surface area contributed by atoms with Gasteiger partial charge in [-0.15, -0.1) is 0 Å². The van der Waals surface area contributed by atoms with Crippen molar-refractivity contribution in [3.05, 3.63) is 87.9 Å². The van der Waals surface area contributed by atoms with E-state index in [4.69, 9.17) is 27.9 Å². The summed E-state index contributed by atoms with van der Waals surface area (Å²) >= 11 is 12.0. The van der Waals surface area contributed by atoms with Crippen LogP contribution in [0.3, 0.4) is 0 Å². The molecular formula is C27H29Cl2N3O2. The maximum absolute atomic E-state index is 12.5. The van der Waals surface area contributed by atoms with Crippen molar-refractivity contribution in [3.63, 3.8) is 0 Å². The van der Waals surface area contributed by atoms with Crippen LogP contribution in [0.5, 0.6) is 5.75 Å². The van der Waals surface area contributed by atoms with Crippen LogP contribution in [-0.2, 0) is 17.9 Å². The third-order valence-electron chi connectivity index (χ3n) is 6.00. The third-order valence-corrected chi connectivity index (χ3v) is 6.50. The van der Waals surface area contributed by atoms with Crippen LogP contribution in [-0.4, -0.2) is 55.5 Å². The van der Waals surface area contributed by atoms with Gasteiger partial charge < -0.3 is 15.0 Å². The summed E-state index contributed by atoms with van der Waals surface area (Å²) in [5.74, 6) is 0.561. The number of carbonyl (C=O) groups excluding carboxylic acids is 1. The Morgan fingerprint density at radius 2 is 1.50 bits per heavy atom.